The summed E-state index contributed by atoms with van der Waals surface area (Å²) in [6, 6.07) is 5.47. The molecule has 0 bridgehead atoms. The third kappa shape index (κ3) is 5.44. The van der Waals surface area contributed by atoms with Crippen molar-refractivity contribution >= 4 is 11.8 Å². The zero-order valence-corrected chi connectivity index (χ0v) is 14.9. The number of benzene rings is 1. The lowest BCUT2D eigenvalue weighted by molar-refractivity contribution is -0.134. The number of carbonyl (C=O) groups excluding carboxylic acids is 2. The van der Waals surface area contributed by atoms with Gasteiger partial charge in [0.1, 0.15) is 5.75 Å². The Morgan fingerprint density at radius 3 is 2.96 bits per heavy atom. The van der Waals surface area contributed by atoms with Crippen molar-refractivity contribution in [2.24, 2.45) is 0 Å². The lowest BCUT2D eigenvalue weighted by Crippen LogP contribution is -2.56. The molecule has 3 N–H and O–H groups in total. The maximum atomic E-state index is 12.2. The lowest BCUT2D eigenvalue weighted by Gasteiger charge is -2.34. The smallest absolute Gasteiger partial charge is 0.237 e. The molecule has 1 aromatic carbocycles. The Morgan fingerprint density at radius 1 is 1.48 bits per heavy atom. The Balaban J connectivity index is 2.02. The zero-order chi connectivity index (χ0) is 18.2. The van der Waals surface area contributed by atoms with E-state index in [0.717, 1.165) is 16.9 Å². The fraction of sp³-hybridized carbons (Fsp3) is 0.556. The molecule has 1 saturated heterocycles. The molecule has 7 heteroatoms. The van der Waals surface area contributed by atoms with E-state index in [2.05, 4.69) is 10.6 Å². The molecule has 1 fully saturated rings. The van der Waals surface area contributed by atoms with Crippen LogP contribution in [0.3, 0.4) is 0 Å². The summed E-state index contributed by atoms with van der Waals surface area (Å²) in [5.74, 6) is 0.542. The number of aliphatic hydroxyl groups excluding tert-OH is 1. The van der Waals surface area contributed by atoms with E-state index >= 15 is 0 Å². The minimum Gasteiger partial charge on any atom is -0.496 e. The standard InChI is InChI=1S/C18H27N3O4/c1-13-10-14(4-5-16(13)25-2)12-21-8-7-20-18(24)15(21)11-17(23)19-6-3-9-22/h4-5,10,15,22H,3,6-9,11-12H2,1-2H3,(H,19,23)(H,20,24)/t15-/m1/s1. The molecule has 0 saturated carbocycles. The van der Waals surface area contributed by atoms with E-state index in [9.17, 15) is 9.59 Å². The molecule has 1 aromatic rings. The van der Waals surface area contributed by atoms with Crippen LogP contribution in [0.25, 0.3) is 0 Å². The van der Waals surface area contributed by atoms with Gasteiger partial charge in [-0.25, -0.2) is 0 Å². The first-order valence-electron chi connectivity index (χ1n) is 8.58. The van der Waals surface area contributed by atoms with E-state index in [-0.39, 0.29) is 24.8 Å². The molecular formula is C18H27N3O4. The molecule has 1 heterocycles. The number of hydrogen-bond acceptors (Lipinski definition) is 5. The van der Waals surface area contributed by atoms with Gasteiger partial charge in [0.15, 0.2) is 0 Å². The number of ether oxygens (including phenoxy) is 1. The van der Waals surface area contributed by atoms with Crippen LogP contribution in [0.15, 0.2) is 18.2 Å². The average Bonchev–Trinajstić information content (AvgIpc) is 2.58. The van der Waals surface area contributed by atoms with Crippen LogP contribution in [-0.2, 0) is 16.1 Å². The molecule has 25 heavy (non-hydrogen) atoms. The maximum Gasteiger partial charge on any atom is 0.237 e. The van der Waals surface area contributed by atoms with E-state index in [1.54, 1.807) is 7.11 Å². The SMILES string of the molecule is COc1ccc(CN2CCNC(=O)[C@H]2CC(=O)NCCCO)cc1C. The number of methoxy groups -OCH3 is 1. The number of aryl methyl sites for hydroxylation is 1. The summed E-state index contributed by atoms with van der Waals surface area (Å²) < 4.78 is 5.28. The summed E-state index contributed by atoms with van der Waals surface area (Å²) in [5, 5.41) is 14.3. The number of amides is 2. The number of hydrogen-bond donors (Lipinski definition) is 3. The van der Waals surface area contributed by atoms with E-state index in [4.69, 9.17) is 9.84 Å². The van der Waals surface area contributed by atoms with Gasteiger partial charge in [-0.05, 0) is 30.5 Å². The number of aliphatic hydroxyl groups is 1. The second-order valence-corrected chi connectivity index (χ2v) is 6.21. The van der Waals surface area contributed by atoms with Crippen LogP contribution in [-0.4, -0.2) is 61.2 Å². The monoisotopic (exact) mass is 349 g/mol. The lowest BCUT2D eigenvalue weighted by atomic mass is 10.1. The van der Waals surface area contributed by atoms with E-state index in [1.807, 2.05) is 30.0 Å². The van der Waals surface area contributed by atoms with Crippen molar-refractivity contribution in [2.45, 2.75) is 32.4 Å². The highest BCUT2D eigenvalue weighted by atomic mass is 16.5. The minimum atomic E-state index is -0.481. The fourth-order valence-electron chi connectivity index (χ4n) is 3.00. The molecule has 0 radical (unpaired) electrons. The van der Waals surface area contributed by atoms with Crippen LogP contribution in [0.2, 0.25) is 0 Å². The van der Waals surface area contributed by atoms with Crippen molar-refractivity contribution in [3.05, 3.63) is 29.3 Å². The van der Waals surface area contributed by atoms with Gasteiger partial charge in [0.25, 0.3) is 0 Å². The molecule has 2 rings (SSSR count). The first kappa shape index (κ1) is 19.2. The number of carbonyl (C=O) groups is 2. The summed E-state index contributed by atoms with van der Waals surface area (Å²) in [7, 11) is 1.64. The number of nitrogens with zero attached hydrogens (tertiary/aromatic N) is 1. The summed E-state index contributed by atoms with van der Waals surface area (Å²) in [6.07, 6.45) is 0.629. The van der Waals surface area contributed by atoms with Crippen molar-refractivity contribution in [2.75, 3.05) is 33.4 Å². The highest BCUT2D eigenvalue weighted by Gasteiger charge is 2.31. The van der Waals surface area contributed by atoms with Crippen molar-refractivity contribution in [1.82, 2.24) is 15.5 Å². The number of nitrogens with one attached hydrogen (secondary N) is 2. The van der Waals surface area contributed by atoms with Crippen molar-refractivity contribution < 1.29 is 19.4 Å². The molecule has 1 aliphatic rings. The molecule has 1 aliphatic heterocycles. The van der Waals surface area contributed by atoms with Crippen LogP contribution in [0.1, 0.15) is 24.0 Å². The van der Waals surface area contributed by atoms with Gasteiger partial charge < -0.3 is 20.5 Å². The van der Waals surface area contributed by atoms with Gasteiger partial charge >= 0.3 is 0 Å². The topological polar surface area (TPSA) is 90.9 Å². The highest BCUT2D eigenvalue weighted by molar-refractivity contribution is 5.88. The fourth-order valence-corrected chi connectivity index (χ4v) is 3.00. The molecular weight excluding hydrogens is 322 g/mol. The quantitative estimate of drug-likeness (QED) is 0.583. The van der Waals surface area contributed by atoms with E-state index < -0.39 is 6.04 Å². The van der Waals surface area contributed by atoms with Crippen molar-refractivity contribution in [3.63, 3.8) is 0 Å². The van der Waals surface area contributed by atoms with Gasteiger partial charge in [-0.3, -0.25) is 14.5 Å². The summed E-state index contributed by atoms with van der Waals surface area (Å²) in [5.41, 5.74) is 2.12. The maximum absolute atomic E-state index is 12.2. The van der Waals surface area contributed by atoms with Gasteiger partial charge in [0, 0.05) is 32.8 Å². The molecule has 7 nitrogen and oxygen atoms in total. The number of piperazine rings is 1. The average molecular weight is 349 g/mol. The summed E-state index contributed by atoms with van der Waals surface area (Å²) in [6.45, 7) is 4.32. The van der Waals surface area contributed by atoms with Gasteiger partial charge in [-0.1, -0.05) is 12.1 Å². The van der Waals surface area contributed by atoms with Crippen molar-refractivity contribution in [1.29, 1.82) is 0 Å². The highest BCUT2D eigenvalue weighted by Crippen LogP contribution is 2.21. The third-order valence-electron chi connectivity index (χ3n) is 4.32. The van der Waals surface area contributed by atoms with Crippen LogP contribution in [0, 0.1) is 6.92 Å². The van der Waals surface area contributed by atoms with E-state index in [1.165, 1.54) is 0 Å². The molecule has 0 spiro atoms. The first-order valence-corrected chi connectivity index (χ1v) is 8.58. The van der Waals surface area contributed by atoms with Crippen LogP contribution >= 0.6 is 0 Å². The molecule has 0 aliphatic carbocycles. The Bertz CT molecular complexity index is 606. The van der Waals surface area contributed by atoms with Gasteiger partial charge in [-0.15, -0.1) is 0 Å². The van der Waals surface area contributed by atoms with Crippen LogP contribution in [0.4, 0.5) is 0 Å². The molecule has 0 aromatic heterocycles. The largest absolute Gasteiger partial charge is 0.496 e. The second-order valence-electron chi connectivity index (χ2n) is 6.21. The number of rotatable bonds is 8. The molecule has 2 amide bonds. The molecule has 138 valence electrons. The Hall–Kier alpha value is -2.12. The van der Waals surface area contributed by atoms with Gasteiger partial charge in [0.05, 0.1) is 19.6 Å². The van der Waals surface area contributed by atoms with Crippen LogP contribution < -0.4 is 15.4 Å². The predicted molar refractivity (Wildman–Crippen MR) is 94.3 cm³/mol. The Morgan fingerprint density at radius 2 is 2.28 bits per heavy atom. The van der Waals surface area contributed by atoms with Crippen LogP contribution in [0.5, 0.6) is 5.75 Å². The minimum absolute atomic E-state index is 0.0349. The van der Waals surface area contributed by atoms with Gasteiger partial charge in [-0.2, -0.15) is 0 Å². The summed E-state index contributed by atoms with van der Waals surface area (Å²) in [4.78, 5) is 26.3. The summed E-state index contributed by atoms with van der Waals surface area (Å²) >= 11 is 0. The predicted octanol–water partition coefficient (Wildman–Crippen LogP) is 0.193. The Labute approximate surface area is 148 Å². The van der Waals surface area contributed by atoms with Crippen molar-refractivity contribution in [3.8, 4) is 5.75 Å². The zero-order valence-electron chi connectivity index (χ0n) is 14.9. The van der Waals surface area contributed by atoms with E-state index in [0.29, 0.717) is 32.6 Å². The second kappa shape index (κ2) is 9.39. The first-order chi connectivity index (χ1) is 12.0. The van der Waals surface area contributed by atoms with Gasteiger partial charge in [0.2, 0.25) is 11.8 Å². The molecule has 0 unspecified atom stereocenters. The third-order valence-corrected chi connectivity index (χ3v) is 4.32. The normalized spacial score (nSPS) is 17.9. The molecule has 1 atom stereocenters. The Kier molecular flexibility index (Phi) is 7.21.